The van der Waals surface area contributed by atoms with Gasteiger partial charge in [-0.25, -0.2) is 0 Å². The van der Waals surface area contributed by atoms with Crippen LogP contribution in [0.3, 0.4) is 0 Å². The van der Waals surface area contributed by atoms with E-state index in [1.165, 1.54) is 0 Å². The number of benzene rings is 3. The molecule has 1 fully saturated rings. The van der Waals surface area contributed by atoms with Gasteiger partial charge >= 0.3 is 0 Å². The summed E-state index contributed by atoms with van der Waals surface area (Å²) in [5.74, 6) is 1.79. The number of amides is 2. The fraction of sp³-hybridized carbons (Fsp3) is 0.231. The number of carbonyl (C=O) groups is 2. The Kier molecular flexibility index (Phi) is 6.31. The first-order chi connectivity index (χ1) is 16.6. The van der Waals surface area contributed by atoms with Gasteiger partial charge in [0, 0.05) is 42.2 Å². The number of fused-ring (bicyclic) bond motifs is 1. The van der Waals surface area contributed by atoms with Crippen LogP contribution >= 0.6 is 11.8 Å². The predicted octanol–water partition coefficient (Wildman–Crippen LogP) is 4.42. The zero-order valence-corrected chi connectivity index (χ0v) is 19.6. The van der Waals surface area contributed by atoms with Crippen molar-refractivity contribution >= 4 is 34.3 Å². The third-order valence-electron chi connectivity index (χ3n) is 5.91. The number of hydrogen-bond donors (Lipinski definition) is 0. The first kappa shape index (κ1) is 22.2. The molecule has 0 N–H and O–H groups in total. The fourth-order valence-corrected chi connectivity index (χ4v) is 4.85. The summed E-state index contributed by atoms with van der Waals surface area (Å²) in [7, 11) is 0. The van der Waals surface area contributed by atoms with Gasteiger partial charge in [0.05, 0.1) is 5.75 Å². The second-order valence-corrected chi connectivity index (χ2v) is 9.21. The van der Waals surface area contributed by atoms with Crippen LogP contribution < -0.4 is 0 Å². The quantitative estimate of drug-likeness (QED) is 0.400. The molecule has 1 saturated heterocycles. The highest BCUT2D eigenvalue weighted by atomic mass is 32.2. The zero-order valence-electron chi connectivity index (χ0n) is 18.8. The molecule has 1 aliphatic heterocycles. The summed E-state index contributed by atoms with van der Waals surface area (Å²) in [5, 5.41) is 5.80. The lowest BCUT2D eigenvalue weighted by Gasteiger charge is -2.35. The fourth-order valence-electron chi connectivity index (χ4n) is 4.11. The molecule has 0 bridgehead atoms. The Bertz CT molecular complexity index is 1320. The van der Waals surface area contributed by atoms with E-state index < -0.39 is 0 Å². The zero-order chi connectivity index (χ0) is 23.5. The molecule has 0 unspecified atom stereocenters. The van der Waals surface area contributed by atoms with Crippen molar-refractivity contribution in [2.75, 3.05) is 26.2 Å². The van der Waals surface area contributed by atoms with E-state index in [1.54, 1.807) is 18.7 Å². The molecule has 2 heterocycles. The van der Waals surface area contributed by atoms with Gasteiger partial charge in [0.2, 0.25) is 5.89 Å². The lowest BCUT2D eigenvalue weighted by atomic mass is 10.0. The van der Waals surface area contributed by atoms with Crippen molar-refractivity contribution in [3.05, 3.63) is 89.6 Å². The Balaban J connectivity index is 1.18. The van der Waals surface area contributed by atoms with E-state index in [0.717, 1.165) is 15.7 Å². The van der Waals surface area contributed by atoms with Crippen molar-refractivity contribution < 1.29 is 14.1 Å². The van der Waals surface area contributed by atoms with Crippen LogP contribution in [0.2, 0.25) is 0 Å². The Morgan fingerprint density at radius 2 is 1.56 bits per heavy atom. The largest absolute Gasteiger partial charge is 0.338 e. The van der Waals surface area contributed by atoms with Crippen molar-refractivity contribution in [3.8, 4) is 0 Å². The minimum Gasteiger partial charge on any atom is -0.338 e. The van der Waals surface area contributed by atoms with Gasteiger partial charge in [0.25, 0.3) is 11.8 Å². The number of aromatic nitrogens is 2. The molecule has 0 saturated carbocycles. The molecule has 0 atom stereocenters. The van der Waals surface area contributed by atoms with Crippen LogP contribution in [0.5, 0.6) is 0 Å². The summed E-state index contributed by atoms with van der Waals surface area (Å²) in [4.78, 5) is 35.0. The van der Waals surface area contributed by atoms with Gasteiger partial charge in [0.1, 0.15) is 0 Å². The number of thioether (sulfide) groups is 1. The average Bonchev–Trinajstić information content (AvgIpc) is 3.31. The number of hydrogen-bond acceptors (Lipinski definition) is 6. The first-order valence-corrected chi connectivity index (χ1v) is 12.2. The van der Waals surface area contributed by atoms with Gasteiger partial charge in [-0.2, -0.15) is 4.98 Å². The minimum atomic E-state index is -0.0127. The topological polar surface area (TPSA) is 79.5 Å². The molecule has 4 aromatic rings. The van der Waals surface area contributed by atoms with Crippen LogP contribution in [0, 0.1) is 6.92 Å². The highest BCUT2D eigenvalue weighted by Gasteiger charge is 2.26. The number of piperazine rings is 1. The van der Waals surface area contributed by atoms with Gasteiger partial charge in [-0.1, -0.05) is 41.6 Å². The number of rotatable bonds is 5. The van der Waals surface area contributed by atoms with E-state index in [2.05, 4.69) is 10.1 Å². The lowest BCUT2D eigenvalue weighted by molar-refractivity contribution is 0.0536. The summed E-state index contributed by atoms with van der Waals surface area (Å²) in [6.07, 6.45) is 0. The highest BCUT2D eigenvalue weighted by molar-refractivity contribution is 7.98. The SMILES string of the molecule is Cc1noc(CSc2ccc(C(=O)N3CCN(C(=O)c4cccc5ccccc45)CC3)cc2)n1. The van der Waals surface area contributed by atoms with Crippen molar-refractivity contribution in [2.45, 2.75) is 17.6 Å². The van der Waals surface area contributed by atoms with Crippen LogP contribution in [-0.4, -0.2) is 57.9 Å². The van der Waals surface area contributed by atoms with E-state index in [9.17, 15) is 9.59 Å². The molecule has 0 radical (unpaired) electrons. The van der Waals surface area contributed by atoms with Gasteiger partial charge in [0.15, 0.2) is 5.82 Å². The molecule has 7 nitrogen and oxygen atoms in total. The maximum atomic E-state index is 13.2. The van der Waals surface area contributed by atoms with Crippen molar-refractivity contribution in [1.82, 2.24) is 19.9 Å². The Morgan fingerprint density at radius 3 is 2.26 bits per heavy atom. The normalized spacial score (nSPS) is 13.9. The highest BCUT2D eigenvalue weighted by Crippen LogP contribution is 2.24. The Hall–Kier alpha value is -3.65. The minimum absolute atomic E-state index is 0.0127. The standard InChI is InChI=1S/C26H24N4O3S/c1-18-27-24(33-28-18)17-34-21-11-9-20(10-12-21)25(31)29-13-15-30(16-14-29)26(32)23-8-4-6-19-5-2-3-7-22(19)23/h2-12H,13-17H2,1H3. The summed E-state index contributed by atoms with van der Waals surface area (Å²) < 4.78 is 5.13. The smallest absolute Gasteiger partial charge is 0.254 e. The molecule has 1 aromatic heterocycles. The molecule has 2 amide bonds. The maximum Gasteiger partial charge on any atom is 0.254 e. The van der Waals surface area contributed by atoms with E-state index in [0.29, 0.717) is 54.8 Å². The molecule has 5 rings (SSSR count). The summed E-state index contributed by atoms with van der Waals surface area (Å²) in [5.41, 5.74) is 1.36. The molecular formula is C26H24N4O3S. The van der Waals surface area contributed by atoms with Gasteiger partial charge in [-0.3, -0.25) is 9.59 Å². The lowest BCUT2D eigenvalue weighted by Crippen LogP contribution is -2.50. The number of carbonyl (C=O) groups excluding carboxylic acids is 2. The van der Waals surface area contributed by atoms with E-state index >= 15 is 0 Å². The Labute approximate surface area is 201 Å². The molecule has 0 aliphatic carbocycles. The third-order valence-corrected chi connectivity index (χ3v) is 6.90. The molecule has 1 aliphatic rings. The van der Waals surface area contributed by atoms with Gasteiger partial charge < -0.3 is 14.3 Å². The van der Waals surface area contributed by atoms with E-state index in [-0.39, 0.29) is 11.8 Å². The molecule has 172 valence electrons. The average molecular weight is 473 g/mol. The monoisotopic (exact) mass is 472 g/mol. The summed E-state index contributed by atoms with van der Waals surface area (Å²) in [6.45, 7) is 3.86. The Morgan fingerprint density at radius 1 is 0.882 bits per heavy atom. The summed E-state index contributed by atoms with van der Waals surface area (Å²) in [6, 6.07) is 21.3. The first-order valence-electron chi connectivity index (χ1n) is 11.2. The van der Waals surface area contributed by atoms with Crippen LogP contribution in [0.25, 0.3) is 10.8 Å². The van der Waals surface area contributed by atoms with Crippen LogP contribution in [-0.2, 0) is 5.75 Å². The molecule has 8 heteroatoms. The second-order valence-electron chi connectivity index (χ2n) is 8.16. The van der Waals surface area contributed by atoms with Crippen molar-refractivity contribution in [2.24, 2.45) is 0 Å². The van der Waals surface area contributed by atoms with E-state index in [1.807, 2.05) is 76.5 Å². The molecule has 3 aromatic carbocycles. The van der Waals surface area contributed by atoms with Crippen LogP contribution in [0.1, 0.15) is 32.4 Å². The van der Waals surface area contributed by atoms with Crippen molar-refractivity contribution in [1.29, 1.82) is 0 Å². The molecular weight excluding hydrogens is 448 g/mol. The molecule has 34 heavy (non-hydrogen) atoms. The van der Waals surface area contributed by atoms with Crippen LogP contribution in [0.15, 0.2) is 76.1 Å². The van der Waals surface area contributed by atoms with E-state index in [4.69, 9.17) is 4.52 Å². The third kappa shape index (κ3) is 4.68. The molecule has 0 spiro atoms. The van der Waals surface area contributed by atoms with Gasteiger partial charge in [-0.15, -0.1) is 11.8 Å². The number of nitrogens with zero attached hydrogens (tertiary/aromatic N) is 4. The van der Waals surface area contributed by atoms with Crippen molar-refractivity contribution in [3.63, 3.8) is 0 Å². The number of aryl methyl sites for hydroxylation is 1. The predicted molar refractivity (Wildman–Crippen MR) is 131 cm³/mol. The van der Waals surface area contributed by atoms with Crippen LogP contribution in [0.4, 0.5) is 0 Å². The second kappa shape index (κ2) is 9.69. The van der Waals surface area contributed by atoms with Gasteiger partial charge in [-0.05, 0) is 48.0 Å². The summed E-state index contributed by atoms with van der Waals surface area (Å²) >= 11 is 1.58. The maximum absolute atomic E-state index is 13.2.